The van der Waals surface area contributed by atoms with Gasteiger partial charge in [-0.05, 0) is 43.0 Å². The highest BCUT2D eigenvalue weighted by molar-refractivity contribution is 7.09. The molecule has 3 heteroatoms. The van der Waals surface area contributed by atoms with E-state index in [9.17, 15) is 0 Å². The van der Waals surface area contributed by atoms with E-state index in [4.69, 9.17) is 5.73 Å². The average Bonchev–Trinajstić information content (AvgIpc) is 2.89. The number of hydrogen-bond donors (Lipinski definition) is 1. The first-order valence-electron chi connectivity index (χ1n) is 6.28. The molecule has 2 rings (SSSR count). The number of nitrogens with zero attached hydrogens (tertiary/aromatic N) is 1. The molecule has 1 aromatic carbocycles. The highest BCUT2D eigenvalue weighted by Gasteiger charge is 2.11. The lowest BCUT2D eigenvalue weighted by Gasteiger charge is -2.28. The van der Waals surface area contributed by atoms with Crippen molar-refractivity contribution in [3.05, 3.63) is 52.2 Å². The number of benzene rings is 1. The Morgan fingerprint density at radius 1 is 1.17 bits per heavy atom. The predicted molar refractivity (Wildman–Crippen MR) is 80.0 cm³/mol. The molecule has 2 nitrogen and oxygen atoms in total. The van der Waals surface area contributed by atoms with Gasteiger partial charge in [0.25, 0.3) is 0 Å². The minimum atomic E-state index is 0.482. The molecule has 0 amide bonds. The fourth-order valence-corrected chi connectivity index (χ4v) is 2.67. The van der Waals surface area contributed by atoms with E-state index >= 15 is 0 Å². The molecule has 0 aliphatic rings. The molecule has 0 radical (unpaired) electrons. The number of anilines is 1. The van der Waals surface area contributed by atoms with Crippen LogP contribution in [0.1, 0.15) is 24.3 Å². The summed E-state index contributed by atoms with van der Waals surface area (Å²) in [6.45, 7) is 6.03. The molecule has 0 fully saturated rings. The molecule has 2 N–H and O–H groups in total. The fraction of sp³-hybridized carbons (Fsp3) is 0.333. The van der Waals surface area contributed by atoms with E-state index < -0.39 is 0 Å². The second kappa shape index (κ2) is 6.03. The molecule has 18 heavy (non-hydrogen) atoms. The van der Waals surface area contributed by atoms with Crippen molar-refractivity contribution in [2.24, 2.45) is 5.73 Å². The number of rotatable bonds is 5. The Labute approximate surface area is 113 Å². The zero-order valence-electron chi connectivity index (χ0n) is 11.0. The van der Waals surface area contributed by atoms with Crippen LogP contribution in [-0.2, 0) is 13.1 Å². The van der Waals surface area contributed by atoms with Gasteiger partial charge in [-0.3, -0.25) is 0 Å². The minimum Gasteiger partial charge on any atom is -0.364 e. The number of nitrogens with two attached hydrogens (primary N) is 1. The molecule has 0 atom stereocenters. The molecule has 0 aliphatic carbocycles. The zero-order chi connectivity index (χ0) is 13.0. The smallest absolute Gasteiger partial charge is 0.0525 e. The highest BCUT2D eigenvalue weighted by Crippen LogP contribution is 2.22. The third kappa shape index (κ3) is 3.12. The van der Waals surface area contributed by atoms with Crippen LogP contribution in [-0.4, -0.2) is 6.04 Å². The van der Waals surface area contributed by atoms with E-state index in [1.54, 1.807) is 0 Å². The summed E-state index contributed by atoms with van der Waals surface area (Å²) in [6.07, 6.45) is 0. The third-order valence-corrected chi connectivity index (χ3v) is 3.89. The number of thiophene rings is 1. The molecule has 0 spiro atoms. The molecule has 0 aliphatic heterocycles. The van der Waals surface area contributed by atoms with Crippen LogP contribution in [0.15, 0.2) is 41.8 Å². The molecule has 2 aromatic rings. The maximum Gasteiger partial charge on any atom is 0.0525 e. The molecule has 1 aromatic heterocycles. The second-order valence-corrected chi connectivity index (χ2v) is 5.70. The molecule has 0 saturated carbocycles. The summed E-state index contributed by atoms with van der Waals surface area (Å²) in [4.78, 5) is 3.80. The van der Waals surface area contributed by atoms with Gasteiger partial charge in [-0.25, -0.2) is 0 Å². The first kappa shape index (κ1) is 13.1. The summed E-state index contributed by atoms with van der Waals surface area (Å²) >= 11 is 1.81. The van der Waals surface area contributed by atoms with Crippen LogP contribution in [0.2, 0.25) is 0 Å². The van der Waals surface area contributed by atoms with Crippen molar-refractivity contribution in [1.82, 2.24) is 0 Å². The Morgan fingerprint density at radius 3 is 2.39 bits per heavy atom. The average molecular weight is 260 g/mol. The van der Waals surface area contributed by atoms with Gasteiger partial charge in [-0.15, -0.1) is 11.3 Å². The standard InChI is InChI=1S/C15H20N2S/c1-12(2)17(11-15-4-3-9-18-15)14-7-5-13(10-16)6-8-14/h3-9,12H,10-11,16H2,1-2H3. The van der Waals surface area contributed by atoms with Gasteiger partial charge in [0, 0.05) is 23.2 Å². The van der Waals surface area contributed by atoms with Gasteiger partial charge < -0.3 is 10.6 Å². The van der Waals surface area contributed by atoms with E-state index in [-0.39, 0.29) is 0 Å². The molecule has 1 heterocycles. The second-order valence-electron chi connectivity index (χ2n) is 4.67. The van der Waals surface area contributed by atoms with Crippen molar-refractivity contribution in [3.63, 3.8) is 0 Å². The summed E-state index contributed by atoms with van der Waals surface area (Å²) in [7, 11) is 0. The summed E-state index contributed by atoms with van der Waals surface area (Å²) in [5, 5.41) is 2.13. The van der Waals surface area contributed by atoms with Gasteiger partial charge in [0.1, 0.15) is 0 Å². The van der Waals surface area contributed by atoms with Crippen LogP contribution in [0.5, 0.6) is 0 Å². The lowest BCUT2D eigenvalue weighted by atomic mass is 10.1. The largest absolute Gasteiger partial charge is 0.364 e. The maximum absolute atomic E-state index is 5.63. The molecule has 0 unspecified atom stereocenters. The van der Waals surface area contributed by atoms with Crippen LogP contribution in [0.25, 0.3) is 0 Å². The number of hydrogen-bond acceptors (Lipinski definition) is 3. The van der Waals surface area contributed by atoms with Crippen molar-refractivity contribution in [2.75, 3.05) is 4.90 Å². The van der Waals surface area contributed by atoms with E-state index in [0.29, 0.717) is 12.6 Å². The lowest BCUT2D eigenvalue weighted by molar-refractivity contribution is 0.687. The first-order chi connectivity index (χ1) is 8.70. The van der Waals surface area contributed by atoms with Gasteiger partial charge >= 0.3 is 0 Å². The molecule has 0 bridgehead atoms. The van der Waals surface area contributed by atoms with Gasteiger partial charge in [0.2, 0.25) is 0 Å². The first-order valence-corrected chi connectivity index (χ1v) is 7.16. The van der Waals surface area contributed by atoms with Gasteiger partial charge in [-0.2, -0.15) is 0 Å². The summed E-state index contributed by atoms with van der Waals surface area (Å²) in [6, 6.07) is 13.3. The van der Waals surface area contributed by atoms with Crippen molar-refractivity contribution < 1.29 is 0 Å². The van der Waals surface area contributed by atoms with Crippen LogP contribution < -0.4 is 10.6 Å². The van der Waals surface area contributed by atoms with E-state index in [0.717, 1.165) is 6.54 Å². The van der Waals surface area contributed by atoms with E-state index in [1.807, 2.05) is 11.3 Å². The van der Waals surface area contributed by atoms with Gasteiger partial charge in [0.15, 0.2) is 0 Å². The molecule has 0 saturated heterocycles. The normalized spacial score (nSPS) is 10.9. The summed E-state index contributed by atoms with van der Waals surface area (Å²) in [5.41, 5.74) is 8.07. The predicted octanol–water partition coefficient (Wildman–Crippen LogP) is 3.62. The Hall–Kier alpha value is -1.32. The van der Waals surface area contributed by atoms with Crippen molar-refractivity contribution in [1.29, 1.82) is 0 Å². The van der Waals surface area contributed by atoms with Crippen molar-refractivity contribution in [3.8, 4) is 0 Å². The van der Waals surface area contributed by atoms with Gasteiger partial charge in [-0.1, -0.05) is 18.2 Å². The fourth-order valence-electron chi connectivity index (χ4n) is 1.97. The quantitative estimate of drug-likeness (QED) is 0.889. The van der Waals surface area contributed by atoms with Gasteiger partial charge in [0.05, 0.1) is 6.54 Å². The molecular formula is C15H20N2S. The van der Waals surface area contributed by atoms with E-state index in [1.165, 1.54) is 16.1 Å². The van der Waals surface area contributed by atoms with Crippen molar-refractivity contribution in [2.45, 2.75) is 33.0 Å². The van der Waals surface area contributed by atoms with Crippen LogP contribution in [0.3, 0.4) is 0 Å². The monoisotopic (exact) mass is 260 g/mol. The molecular weight excluding hydrogens is 240 g/mol. The van der Waals surface area contributed by atoms with Crippen molar-refractivity contribution >= 4 is 17.0 Å². The minimum absolute atomic E-state index is 0.482. The topological polar surface area (TPSA) is 29.3 Å². The van der Waals surface area contributed by atoms with Crippen LogP contribution >= 0.6 is 11.3 Å². The van der Waals surface area contributed by atoms with E-state index in [2.05, 4.69) is 60.5 Å². The summed E-state index contributed by atoms with van der Waals surface area (Å²) in [5.74, 6) is 0. The highest BCUT2D eigenvalue weighted by atomic mass is 32.1. The Balaban J connectivity index is 2.18. The third-order valence-electron chi connectivity index (χ3n) is 3.03. The van der Waals surface area contributed by atoms with Crippen LogP contribution in [0.4, 0.5) is 5.69 Å². The molecule has 96 valence electrons. The summed E-state index contributed by atoms with van der Waals surface area (Å²) < 4.78 is 0. The zero-order valence-corrected chi connectivity index (χ0v) is 11.8. The van der Waals surface area contributed by atoms with Crippen LogP contribution in [0, 0.1) is 0 Å². The maximum atomic E-state index is 5.63. The Kier molecular flexibility index (Phi) is 4.39. The Morgan fingerprint density at radius 2 is 1.89 bits per heavy atom. The SMILES string of the molecule is CC(C)N(Cc1cccs1)c1ccc(CN)cc1. The Bertz CT molecular complexity index is 460. The lowest BCUT2D eigenvalue weighted by Crippen LogP contribution is -2.29.